The molecule has 0 aliphatic heterocycles. The Morgan fingerprint density at radius 3 is 2.57 bits per heavy atom. The lowest BCUT2D eigenvalue weighted by atomic mass is 10.1. The van der Waals surface area contributed by atoms with Gasteiger partial charge in [-0.15, -0.1) is 0 Å². The quantitative estimate of drug-likeness (QED) is 0.692. The molecule has 0 aromatic heterocycles. The van der Waals surface area contributed by atoms with Crippen molar-refractivity contribution in [3.63, 3.8) is 0 Å². The van der Waals surface area contributed by atoms with Gasteiger partial charge < -0.3 is 10.6 Å². The lowest BCUT2D eigenvalue weighted by molar-refractivity contribution is 0.0764. The topological polar surface area (TPSA) is 70.1 Å². The molecule has 5 heteroatoms. The first kappa shape index (κ1) is 14.5. The molecule has 0 heterocycles. The first-order valence-corrected chi connectivity index (χ1v) is 6.36. The molecule has 0 aliphatic carbocycles. The van der Waals surface area contributed by atoms with Crippen LogP contribution in [-0.4, -0.2) is 17.4 Å². The van der Waals surface area contributed by atoms with Crippen molar-refractivity contribution in [2.45, 2.75) is 6.54 Å². The predicted molar refractivity (Wildman–Crippen MR) is 77.6 cm³/mol. The van der Waals surface area contributed by atoms with E-state index in [9.17, 15) is 9.18 Å². The minimum Gasteiger partial charge on any atom is -0.399 e. The summed E-state index contributed by atoms with van der Waals surface area (Å²) < 4.78 is 13.3. The SMILES string of the molecule is N#CCN(Cc1ccccc1)C(=O)c1cc(N)cc(F)c1. The molecule has 2 N–H and O–H groups in total. The van der Waals surface area contributed by atoms with E-state index in [-0.39, 0.29) is 24.3 Å². The van der Waals surface area contributed by atoms with Crippen molar-refractivity contribution in [2.75, 3.05) is 12.3 Å². The fourth-order valence-electron chi connectivity index (χ4n) is 2.01. The van der Waals surface area contributed by atoms with Gasteiger partial charge in [0.25, 0.3) is 5.91 Å². The van der Waals surface area contributed by atoms with Crippen molar-refractivity contribution < 1.29 is 9.18 Å². The molecule has 0 radical (unpaired) electrons. The van der Waals surface area contributed by atoms with Gasteiger partial charge in [0.2, 0.25) is 0 Å². The average molecular weight is 283 g/mol. The zero-order chi connectivity index (χ0) is 15.2. The summed E-state index contributed by atoms with van der Waals surface area (Å²) in [4.78, 5) is 13.7. The minimum atomic E-state index is -0.574. The maximum atomic E-state index is 13.3. The number of nitriles is 1. The lowest BCUT2D eigenvalue weighted by Gasteiger charge is -2.20. The predicted octanol–water partition coefficient (Wildman–Crippen LogP) is 2.57. The van der Waals surface area contributed by atoms with Crippen LogP contribution in [0.4, 0.5) is 10.1 Å². The number of carbonyl (C=O) groups excluding carboxylic acids is 1. The molecular weight excluding hydrogens is 269 g/mol. The molecule has 2 aromatic carbocycles. The number of benzene rings is 2. The zero-order valence-electron chi connectivity index (χ0n) is 11.3. The molecule has 0 saturated carbocycles. The number of carbonyl (C=O) groups is 1. The summed E-state index contributed by atoms with van der Waals surface area (Å²) in [5.74, 6) is -0.999. The number of nitrogens with zero attached hydrogens (tertiary/aromatic N) is 2. The Labute approximate surface area is 122 Å². The Morgan fingerprint density at radius 1 is 1.24 bits per heavy atom. The van der Waals surface area contributed by atoms with Crippen LogP contribution in [0.2, 0.25) is 0 Å². The van der Waals surface area contributed by atoms with Crippen molar-refractivity contribution in [1.29, 1.82) is 5.26 Å². The van der Waals surface area contributed by atoms with Crippen molar-refractivity contribution in [1.82, 2.24) is 4.90 Å². The van der Waals surface area contributed by atoms with Crippen LogP contribution < -0.4 is 5.73 Å². The van der Waals surface area contributed by atoms with Gasteiger partial charge >= 0.3 is 0 Å². The van der Waals surface area contributed by atoms with Crippen LogP contribution in [-0.2, 0) is 6.54 Å². The van der Waals surface area contributed by atoms with Gasteiger partial charge in [0.05, 0.1) is 6.07 Å². The van der Waals surface area contributed by atoms with Gasteiger partial charge in [0.1, 0.15) is 12.4 Å². The molecule has 0 unspecified atom stereocenters. The van der Waals surface area contributed by atoms with E-state index in [0.717, 1.165) is 17.7 Å². The summed E-state index contributed by atoms with van der Waals surface area (Å²) >= 11 is 0. The first-order chi connectivity index (χ1) is 10.1. The molecule has 0 atom stereocenters. The van der Waals surface area contributed by atoms with Gasteiger partial charge in [0, 0.05) is 17.8 Å². The normalized spacial score (nSPS) is 9.90. The second kappa shape index (κ2) is 6.53. The van der Waals surface area contributed by atoms with E-state index >= 15 is 0 Å². The van der Waals surface area contributed by atoms with E-state index in [2.05, 4.69) is 0 Å². The first-order valence-electron chi connectivity index (χ1n) is 6.36. The number of anilines is 1. The van der Waals surface area contributed by atoms with Crippen molar-refractivity contribution in [3.05, 3.63) is 65.5 Å². The zero-order valence-corrected chi connectivity index (χ0v) is 11.3. The van der Waals surface area contributed by atoms with E-state index in [0.29, 0.717) is 0 Å². The highest BCUT2D eigenvalue weighted by Gasteiger charge is 2.17. The molecule has 21 heavy (non-hydrogen) atoms. The Kier molecular flexibility index (Phi) is 4.52. The molecule has 106 valence electrons. The third kappa shape index (κ3) is 3.80. The number of nitrogens with two attached hydrogens (primary N) is 1. The number of amides is 1. The monoisotopic (exact) mass is 283 g/mol. The molecule has 1 amide bonds. The molecule has 2 aromatic rings. The Morgan fingerprint density at radius 2 is 1.95 bits per heavy atom. The number of nitrogen functional groups attached to an aromatic ring is 1. The molecule has 4 nitrogen and oxygen atoms in total. The van der Waals surface area contributed by atoms with Crippen LogP contribution in [0.5, 0.6) is 0 Å². The van der Waals surface area contributed by atoms with Gasteiger partial charge in [-0.1, -0.05) is 30.3 Å². The molecule has 0 aliphatic rings. The number of hydrogen-bond donors (Lipinski definition) is 1. The summed E-state index contributed by atoms with van der Waals surface area (Å²) in [6, 6.07) is 14.9. The molecule has 0 fully saturated rings. The Balaban J connectivity index is 2.25. The van der Waals surface area contributed by atoms with E-state index in [4.69, 9.17) is 11.0 Å². The fourth-order valence-corrected chi connectivity index (χ4v) is 2.01. The van der Waals surface area contributed by atoms with Crippen molar-refractivity contribution in [3.8, 4) is 6.07 Å². The van der Waals surface area contributed by atoms with Gasteiger partial charge in [-0.25, -0.2) is 4.39 Å². The van der Waals surface area contributed by atoms with Crippen LogP contribution in [0.3, 0.4) is 0 Å². The van der Waals surface area contributed by atoms with Crippen molar-refractivity contribution >= 4 is 11.6 Å². The number of hydrogen-bond acceptors (Lipinski definition) is 3. The molecule has 2 rings (SSSR count). The number of halogens is 1. The largest absolute Gasteiger partial charge is 0.399 e. The van der Waals surface area contributed by atoms with E-state index in [1.54, 1.807) is 0 Å². The molecular formula is C16H14FN3O. The van der Waals surface area contributed by atoms with Crippen LogP contribution in [0.25, 0.3) is 0 Å². The summed E-state index contributed by atoms with van der Waals surface area (Å²) in [7, 11) is 0. The van der Waals surface area contributed by atoms with Crippen LogP contribution in [0, 0.1) is 17.1 Å². The highest BCUT2D eigenvalue weighted by atomic mass is 19.1. The Hall–Kier alpha value is -2.87. The summed E-state index contributed by atoms with van der Waals surface area (Å²) in [6.45, 7) is 0.202. The van der Waals surface area contributed by atoms with Crippen molar-refractivity contribution in [2.24, 2.45) is 0 Å². The van der Waals surface area contributed by atoms with Crippen LogP contribution in [0.15, 0.2) is 48.5 Å². The summed E-state index contributed by atoms with van der Waals surface area (Å²) in [5.41, 5.74) is 6.76. The Bertz CT molecular complexity index is 659. The second-order valence-corrected chi connectivity index (χ2v) is 4.58. The lowest BCUT2D eigenvalue weighted by Crippen LogP contribution is -2.31. The van der Waals surface area contributed by atoms with Gasteiger partial charge in [-0.3, -0.25) is 4.79 Å². The fraction of sp³-hybridized carbons (Fsp3) is 0.125. The maximum absolute atomic E-state index is 13.3. The molecule has 0 spiro atoms. The molecule has 0 bridgehead atoms. The highest BCUT2D eigenvalue weighted by Crippen LogP contribution is 2.15. The van der Waals surface area contributed by atoms with Gasteiger partial charge in [-0.2, -0.15) is 5.26 Å². The van der Waals surface area contributed by atoms with Crippen LogP contribution in [0.1, 0.15) is 15.9 Å². The standard InChI is InChI=1S/C16H14FN3O/c17-14-8-13(9-15(19)10-14)16(21)20(7-6-18)11-12-4-2-1-3-5-12/h1-5,8-10H,7,11,19H2. The highest BCUT2D eigenvalue weighted by molar-refractivity contribution is 5.95. The average Bonchev–Trinajstić information content (AvgIpc) is 2.46. The second-order valence-electron chi connectivity index (χ2n) is 4.58. The summed E-state index contributed by atoms with van der Waals surface area (Å²) in [6.07, 6.45) is 0. The van der Waals surface area contributed by atoms with Crippen LogP contribution >= 0.6 is 0 Å². The van der Waals surface area contributed by atoms with E-state index < -0.39 is 11.7 Å². The minimum absolute atomic E-state index is 0.0792. The smallest absolute Gasteiger partial charge is 0.255 e. The van der Waals surface area contributed by atoms with E-state index in [1.165, 1.54) is 11.0 Å². The van der Waals surface area contributed by atoms with E-state index in [1.807, 2.05) is 36.4 Å². The summed E-state index contributed by atoms with van der Waals surface area (Å²) in [5, 5.41) is 8.88. The third-order valence-corrected chi connectivity index (χ3v) is 2.93. The maximum Gasteiger partial charge on any atom is 0.255 e. The number of rotatable bonds is 4. The van der Waals surface area contributed by atoms with Gasteiger partial charge in [0.15, 0.2) is 0 Å². The molecule has 0 saturated heterocycles. The third-order valence-electron chi connectivity index (χ3n) is 2.93. The van der Waals surface area contributed by atoms with Gasteiger partial charge in [-0.05, 0) is 23.8 Å².